The van der Waals surface area contributed by atoms with Gasteiger partial charge in [-0.25, -0.2) is 0 Å². The second kappa shape index (κ2) is 16.3. The van der Waals surface area contributed by atoms with Gasteiger partial charge in [0.05, 0.1) is 0 Å². The summed E-state index contributed by atoms with van der Waals surface area (Å²) in [4.78, 5) is 3.78. The fraction of sp³-hybridized carbons (Fsp3) is 0.312. The fourth-order valence-corrected chi connectivity index (χ4v) is 1.01. The third-order valence-electron chi connectivity index (χ3n) is 2.02. The van der Waals surface area contributed by atoms with Crippen molar-refractivity contribution in [3.05, 3.63) is 66.5 Å². The Morgan fingerprint density at radius 2 is 1.47 bits per heavy atom. The number of pyridine rings is 1. The van der Waals surface area contributed by atoms with Gasteiger partial charge in [-0.1, -0.05) is 55.3 Å². The molecule has 0 aliphatic heterocycles. The van der Waals surface area contributed by atoms with E-state index in [1.165, 1.54) is 5.56 Å². The smallest absolute Gasteiger partial charge is 0.0430 e. The predicted molar refractivity (Wildman–Crippen MR) is 81.0 cm³/mol. The van der Waals surface area contributed by atoms with Crippen molar-refractivity contribution in [2.75, 3.05) is 6.61 Å². The normalized spacial score (nSPS) is 7.95. The molecular formula is C16H25NO2. The fourth-order valence-electron chi connectivity index (χ4n) is 1.01. The Kier molecular flexibility index (Phi) is 16.8. The predicted octanol–water partition coefficient (Wildman–Crippen LogP) is 3.03. The number of benzene rings is 1. The minimum Gasteiger partial charge on any atom is -0.412 e. The van der Waals surface area contributed by atoms with Crippen LogP contribution in [0.3, 0.4) is 0 Å². The van der Waals surface area contributed by atoms with Gasteiger partial charge < -0.3 is 10.6 Å². The van der Waals surface area contributed by atoms with Crippen LogP contribution in [0.15, 0.2) is 60.9 Å². The zero-order valence-electron chi connectivity index (χ0n) is 11.8. The summed E-state index contributed by atoms with van der Waals surface area (Å²) in [6.45, 7) is 4.48. The van der Waals surface area contributed by atoms with Crippen LogP contribution >= 0.6 is 0 Å². The summed E-state index contributed by atoms with van der Waals surface area (Å²) < 4.78 is 0. The van der Waals surface area contributed by atoms with E-state index in [9.17, 15) is 0 Å². The monoisotopic (exact) mass is 263 g/mol. The van der Waals surface area contributed by atoms with E-state index in [1.807, 2.05) is 36.4 Å². The molecule has 0 aliphatic carbocycles. The van der Waals surface area contributed by atoms with Gasteiger partial charge in [-0.15, -0.1) is 0 Å². The first kappa shape index (κ1) is 19.6. The number of aromatic nitrogens is 1. The number of hydrogen-bond donors (Lipinski definition) is 1. The molecule has 0 fully saturated rings. The molecule has 1 aromatic carbocycles. The van der Waals surface area contributed by atoms with Crippen LogP contribution in [0.1, 0.15) is 25.3 Å². The van der Waals surface area contributed by atoms with Gasteiger partial charge in [-0.05, 0) is 25.5 Å². The number of rotatable bonds is 2. The maximum Gasteiger partial charge on any atom is 0.0430 e. The Morgan fingerprint density at radius 3 is 1.63 bits per heavy atom. The number of unbranched alkanes of at least 4 members (excludes halogenated alkanes) is 1. The molecule has 3 N–H and O–H groups in total. The SMILES string of the molecule is CCCCO.Cc1ccccc1.O.c1ccncc1. The number of hydrogen-bond acceptors (Lipinski definition) is 2. The van der Waals surface area contributed by atoms with Gasteiger partial charge in [-0.3, -0.25) is 4.98 Å². The quantitative estimate of drug-likeness (QED) is 0.905. The van der Waals surface area contributed by atoms with E-state index in [1.54, 1.807) is 12.4 Å². The Hall–Kier alpha value is -1.71. The van der Waals surface area contributed by atoms with Crippen LogP contribution in [0.2, 0.25) is 0 Å². The van der Waals surface area contributed by atoms with Gasteiger partial charge >= 0.3 is 0 Å². The van der Waals surface area contributed by atoms with E-state index >= 15 is 0 Å². The highest BCUT2D eigenvalue weighted by Crippen LogP contribution is 1.92. The summed E-state index contributed by atoms with van der Waals surface area (Å²) in [7, 11) is 0. The first-order chi connectivity index (χ1) is 8.81. The van der Waals surface area contributed by atoms with Gasteiger partial charge in [0.1, 0.15) is 0 Å². The Balaban J connectivity index is 0. The second-order valence-corrected chi connectivity index (χ2v) is 3.76. The van der Waals surface area contributed by atoms with Gasteiger partial charge in [0.15, 0.2) is 0 Å². The third-order valence-corrected chi connectivity index (χ3v) is 2.02. The van der Waals surface area contributed by atoms with Gasteiger partial charge in [0.2, 0.25) is 0 Å². The van der Waals surface area contributed by atoms with E-state index < -0.39 is 0 Å². The molecule has 0 aliphatic rings. The van der Waals surface area contributed by atoms with Crippen molar-refractivity contribution >= 4 is 0 Å². The Bertz CT molecular complexity index is 323. The summed E-state index contributed by atoms with van der Waals surface area (Å²) >= 11 is 0. The average Bonchev–Trinajstić information content (AvgIpc) is 2.44. The standard InChI is InChI=1S/C7H8.C5H5N.C4H10O.H2O/c1-7-5-3-2-4-6-7;1-2-4-6-5-3-1;1-2-3-4-5;/h2-6H,1H3;1-5H;5H,2-4H2,1H3;1H2. The van der Waals surface area contributed by atoms with Crippen molar-refractivity contribution in [2.45, 2.75) is 26.7 Å². The average molecular weight is 263 g/mol. The van der Waals surface area contributed by atoms with Gasteiger partial charge in [-0.2, -0.15) is 0 Å². The van der Waals surface area contributed by atoms with Crippen molar-refractivity contribution in [3.8, 4) is 0 Å². The highest BCUT2D eigenvalue weighted by molar-refractivity contribution is 5.11. The summed E-state index contributed by atoms with van der Waals surface area (Å²) in [5.74, 6) is 0. The van der Waals surface area contributed by atoms with Crippen molar-refractivity contribution in [3.63, 3.8) is 0 Å². The van der Waals surface area contributed by atoms with E-state index in [-0.39, 0.29) is 5.48 Å². The molecular weight excluding hydrogens is 238 g/mol. The van der Waals surface area contributed by atoms with Crippen molar-refractivity contribution in [1.82, 2.24) is 4.98 Å². The van der Waals surface area contributed by atoms with E-state index in [0.717, 1.165) is 12.8 Å². The largest absolute Gasteiger partial charge is 0.412 e. The molecule has 3 nitrogen and oxygen atoms in total. The molecule has 0 saturated heterocycles. The van der Waals surface area contributed by atoms with Crippen LogP contribution in [0.5, 0.6) is 0 Å². The first-order valence-corrected chi connectivity index (χ1v) is 6.28. The lowest BCUT2D eigenvalue weighted by Gasteiger charge is -1.82. The van der Waals surface area contributed by atoms with Crippen molar-refractivity contribution in [2.24, 2.45) is 0 Å². The molecule has 1 aromatic heterocycles. The number of nitrogens with zero attached hydrogens (tertiary/aromatic N) is 1. The molecule has 0 saturated carbocycles. The van der Waals surface area contributed by atoms with E-state index in [4.69, 9.17) is 5.11 Å². The topological polar surface area (TPSA) is 64.6 Å². The van der Waals surface area contributed by atoms with E-state index in [0.29, 0.717) is 6.61 Å². The van der Waals surface area contributed by atoms with Crippen LogP contribution in [0.25, 0.3) is 0 Å². The number of aliphatic hydroxyl groups excluding tert-OH is 1. The van der Waals surface area contributed by atoms with Crippen molar-refractivity contribution < 1.29 is 10.6 Å². The summed E-state index contributed by atoms with van der Waals surface area (Å²) in [5.41, 5.74) is 1.32. The van der Waals surface area contributed by atoms with Crippen LogP contribution in [-0.4, -0.2) is 22.2 Å². The molecule has 0 bridgehead atoms. The lowest BCUT2D eigenvalue weighted by Crippen LogP contribution is -1.75. The molecule has 2 aromatic rings. The Morgan fingerprint density at radius 1 is 0.947 bits per heavy atom. The molecule has 19 heavy (non-hydrogen) atoms. The van der Waals surface area contributed by atoms with Crippen LogP contribution in [0.4, 0.5) is 0 Å². The minimum absolute atomic E-state index is 0. The summed E-state index contributed by atoms with van der Waals surface area (Å²) in [6.07, 6.45) is 5.54. The maximum absolute atomic E-state index is 8.07. The lowest BCUT2D eigenvalue weighted by molar-refractivity contribution is 0.287. The zero-order valence-corrected chi connectivity index (χ0v) is 11.8. The second-order valence-electron chi connectivity index (χ2n) is 3.76. The Labute approximate surface area is 116 Å². The highest BCUT2D eigenvalue weighted by atomic mass is 16.2. The first-order valence-electron chi connectivity index (χ1n) is 6.28. The van der Waals surface area contributed by atoms with Gasteiger partial charge in [0.25, 0.3) is 0 Å². The van der Waals surface area contributed by atoms with Crippen molar-refractivity contribution in [1.29, 1.82) is 0 Å². The minimum atomic E-state index is 0. The molecule has 0 spiro atoms. The van der Waals surface area contributed by atoms with E-state index in [2.05, 4.69) is 31.0 Å². The zero-order chi connectivity index (χ0) is 13.5. The third kappa shape index (κ3) is 16.3. The van der Waals surface area contributed by atoms with Crippen LogP contribution in [-0.2, 0) is 0 Å². The molecule has 0 amide bonds. The lowest BCUT2D eigenvalue weighted by atomic mass is 10.2. The molecule has 0 atom stereocenters. The van der Waals surface area contributed by atoms with Crippen LogP contribution < -0.4 is 0 Å². The molecule has 1 heterocycles. The van der Waals surface area contributed by atoms with Gasteiger partial charge in [0, 0.05) is 19.0 Å². The highest BCUT2D eigenvalue weighted by Gasteiger charge is 1.72. The molecule has 2 rings (SSSR count). The molecule has 106 valence electrons. The number of aryl methyl sites for hydroxylation is 1. The van der Waals surface area contributed by atoms with Crippen LogP contribution in [0, 0.1) is 6.92 Å². The molecule has 0 radical (unpaired) electrons. The maximum atomic E-state index is 8.07. The number of aliphatic hydroxyl groups is 1. The summed E-state index contributed by atoms with van der Waals surface area (Å²) in [6, 6.07) is 16.0. The summed E-state index contributed by atoms with van der Waals surface area (Å²) in [5, 5.41) is 8.07. The molecule has 3 heteroatoms. The molecule has 0 unspecified atom stereocenters.